The van der Waals surface area contributed by atoms with Gasteiger partial charge in [0.05, 0.1) is 35.2 Å². The second-order valence-electron chi connectivity index (χ2n) is 9.67. The molecule has 3 heterocycles. The number of rotatable bonds is 4. The topological polar surface area (TPSA) is 39.9 Å². The van der Waals surface area contributed by atoms with Gasteiger partial charge in [-0.25, -0.2) is 4.98 Å². The van der Waals surface area contributed by atoms with Crippen molar-refractivity contribution in [3.63, 3.8) is 0 Å². The van der Waals surface area contributed by atoms with Crippen LogP contribution >= 0.6 is 34.4 Å². The molecule has 0 fully saturated rings. The standard InChI is InChI=1S/C29H23N3S3Si/c1-36(2,3)21-13-14-22-27(17-21)35-29(31-22)19(18-30)16-20-12-15-28(33-20)32-23-8-4-6-10-25(23)34-26-11-7-5-9-24(26)32/h4-17H,1-3H3/b19-16+. The molecule has 7 heteroatoms. The van der Waals surface area contributed by atoms with Gasteiger partial charge in [0.25, 0.3) is 0 Å². The van der Waals surface area contributed by atoms with E-state index in [2.05, 4.69) is 109 Å². The van der Waals surface area contributed by atoms with Gasteiger partial charge in [0.1, 0.15) is 16.1 Å². The van der Waals surface area contributed by atoms with E-state index in [0.717, 1.165) is 25.1 Å². The van der Waals surface area contributed by atoms with Crippen LogP contribution in [0.4, 0.5) is 16.4 Å². The Morgan fingerprint density at radius 3 is 2.25 bits per heavy atom. The zero-order chi connectivity index (χ0) is 24.9. The van der Waals surface area contributed by atoms with Crippen molar-refractivity contribution in [1.29, 1.82) is 5.26 Å². The molecule has 0 spiro atoms. The summed E-state index contributed by atoms with van der Waals surface area (Å²) in [6, 6.07) is 30.2. The first kappa shape index (κ1) is 23.3. The van der Waals surface area contributed by atoms with Crippen LogP contribution in [0.1, 0.15) is 9.88 Å². The quantitative estimate of drug-likeness (QED) is 0.166. The molecule has 3 aromatic carbocycles. The highest BCUT2D eigenvalue weighted by Gasteiger charge is 2.25. The monoisotopic (exact) mass is 537 g/mol. The molecule has 0 saturated carbocycles. The second-order valence-corrected chi connectivity index (χ2v) is 18.0. The van der Waals surface area contributed by atoms with Gasteiger partial charge in [0, 0.05) is 14.7 Å². The highest BCUT2D eigenvalue weighted by atomic mass is 32.2. The van der Waals surface area contributed by atoms with Crippen LogP contribution in [0.3, 0.4) is 0 Å². The van der Waals surface area contributed by atoms with E-state index in [4.69, 9.17) is 4.98 Å². The van der Waals surface area contributed by atoms with E-state index in [1.807, 2.05) is 17.8 Å². The number of hydrogen-bond acceptors (Lipinski definition) is 6. The minimum absolute atomic E-state index is 0.606. The number of thiazole rings is 1. The highest BCUT2D eigenvalue weighted by molar-refractivity contribution is 7.99. The summed E-state index contributed by atoms with van der Waals surface area (Å²) in [6.07, 6.45) is 1.97. The minimum Gasteiger partial charge on any atom is -0.300 e. The fourth-order valence-corrected chi connectivity index (χ4v) is 8.55. The molecule has 5 aromatic rings. The van der Waals surface area contributed by atoms with E-state index in [9.17, 15) is 5.26 Å². The van der Waals surface area contributed by atoms with Crippen molar-refractivity contribution < 1.29 is 0 Å². The summed E-state index contributed by atoms with van der Waals surface area (Å²) in [5, 5.41) is 13.3. The summed E-state index contributed by atoms with van der Waals surface area (Å²) in [5.41, 5.74) is 3.94. The molecular formula is C29H23N3S3Si. The summed E-state index contributed by atoms with van der Waals surface area (Å²) in [6.45, 7) is 7.05. The Kier molecular flexibility index (Phi) is 5.85. The van der Waals surface area contributed by atoms with Crippen molar-refractivity contribution in [3.8, 4) is 6.07 Å². The number of fused-ring (bicyclic) bond motifs is 3. The lowest BCUT2D eigenvalue weighted by molar-refractivity contribution is 1.18. The van der Waals surface area contributed by atoms with Gasteiger partial charge in [0.2, 0.25) is 0 Å². The van der Waals surface area contributed by atoms with Crippen molar-refractivity contribution >= 4 is 85.9 Å². The lowest BCUT2D eigenvalue weighted by atomic mass is 10.2. The molecule has 0 amide bonds. The number of aromatic nitrogens is 1. The summed E-state index contributed by atoms with van der Waals surface area (Å²) >= 11 is 5.10. The Labute approximate surface area is 224 Å². The predicted octanol–water partition coefficient (Wildman–Crippen LogP) is 8.90. The van der Waals surface area contributed by atoms with Gasteiger partial charge in [-0.1, -0.05) is 66.9 Å². The van der Waals surface area contributed by atoms with E-state index in [1.54, 1.807) is 22.7 Å². The lowest BCUT2D eigenvalue weighted by Gasteiger charge is -2.31. The van der Waals surface area contributed by atoms with Gasteiger partial charge >= 0.3 is 0 Å². The second kappa shape index (κ2) is 9.06. The largest absolute Gasteiger partial charge is 0.300 e. The van der Waals surface area contributed by atoms with Crippen LogP contribution in [0.2, 0.25) is 19.6 Å². The fourth-order valence-electron chi connectivity index (χ4n) is 4.27. The maximum absolute atomic E-state index is 10.0. The van der Waals surface area contributed by atoms with Crippen LogP contribution in [-0.2, 0) is 0 Å². The summed E-state index contributed by atoms with van der Waals surface area (Å²) < 4.78 is 1.15. The summed E-state index contributed by atoms with van der Waals surface area (Å²) in [7, 11) is -1.41. The molecule has 0 bridgehead atoms. The molecule has 2 aromatic heterocycles. The van der Waals surface area contributed by atoms with Crippen LogP contribution < -0.4 is 10.1 Å². The van der Waals surface area contributed by atoms with Gasteiger partial charge in [-0.2, -0.15) is 5.26 Å². The first-order chi connectivity index (χ1) is 17.4. The number of para-hydroxylation sites is 2. The van der Waals surface area contributed by atoms with E-state index in [-0.39, 0.29) is 0 Å². The summed E-state index contributed by atoms with van der Waals surface area (Å²) in [4.78, 5) is 10.6. The number of nitrogens with zero attached hydrogens (tertiary/aromatic N) is 3. The molecule has 1 aliphatic heterocycles. The molecule has 0 aliphatic carbocycles. The average molecular weight is 538 g/mol. The van der Waals surface area contributed by atoms with Crippen LogP contribution in [0.25, 0.3) is 21.9 Å². The van der Waals surface area contributed by atoms with Gasteiger partial charge in [-0.3, -0.25) is 4.90 Å². The Hall–Kier alpha value is -3.15. The van der Waals surface area contributed by atoms with Crippen molar-refractivity contribution in [2.45, 2.75) is 29.4 Å². The molecule has 3 nitrogen and oxygen atoms in total. The highest BCUT2D eigenvalue weighted by Crippen LogP contribution is 2.52. The number of thiophene rings is 1. The molecule has 36 heavy (non-hydrogen) atoms. The summed E-state index contributed by atoms with van der Waals surface area (Å²) in [5.74, 6) is 0. The third-order valence-electron chi connectivity index (χ3n) is 6.16. The third kappa shape index (κ3) is 4.20. The smallest absolute Gasteiger partial charge is 0.135 e. The predicted molar refractivity (Wildman–Crippen MR) is 159 cm³/mol. The van der Waals surface area contributed by atoms with Gasteiger partial charge in [0.15, 0.2) is 0 Å². The Balaban J connectivity index is 1.38. The molecule has 0 radical (unpaired) electrons. The van der Waals surface area contributed by atoms with Crippen molar-refractivity contribution in [2.75, 3.05) is 4.90 Å². The molecule has 176 valence electrons. The Bertz CT molecular complexity index is 1640. The van der Waals surface area contributed by atoms with E-state index < -0.39 is 8.07 Å². The van der Waals surface area contributed by atoms with Gasteiger partial charge in [-0.05, 0) is 54.6 Å². The molecular weight excluding hydrogens is 515 g/mol. The first-order valence-electron chi connectivity index (χ1n) is 11.7. The van der Waals surface area contributed by atoms with Crippen molar-refractivity contribution in [1.82, 2.24) is 4.98 Å². The van der Waals surface area contributed by atoms with Gasteiger partial charge in [-0.15, -0.1) is 22.7 Å². The Morgan fingerprint density at radius 1 is 0.889 bits per heavy atom. The molecule has 6 rings (SSSR count). The number of hydrogen-bond donors (Lipinski definition) is 0. The lowest BCUT2D eigenvalue weighted by Crippen LogP contribution is -2.37. The first-order valence-corrected chi connectivity index (χ1v) is 17.6. The maximum atomic E-state index is 10.0. The normalized spacial score (nSPS) is 13.4. The van der Waals surface area contributed by atoms with Crippen LogP contribution in [0, 0.1) is 11.3 Å². The van der Waals surface area contributed by atoms with Crippen molar-refractivity contribution in [2.24, 2.45) is 0 Å². The van der Waals surface area contributed by atoms with Crippen LogP contribution in [-0.4, -0.2) is 13.1 Å². The van der Waals surface area contributed by atoms with E-state index >= 15 is 0 Å². The molecule has 0 atom stereocenters. The Morgan fingerprint density at radius 2 is 1.58 bits per heavy atom. The SMILES string of the molecule is C[Si](C)(C)c1ccc2nc(/C(C#N)=C/c3ccc(N4c5ccccc5Sc5ccccc54)s3)sc2c1. The average Bonchev–Trinajstić information content (AvgIpc) is 3.51. The van der Waals surface area contributed by atoms with Crippen LogP contribution in [0.5, 0.6) is 0 Å². The third-order valence-corrected chi connectivity index (χ3v) is 11.4. The minimum atomic E-state index is -1.41. The molecule has 1 aliphatic rings. The number of anilines is 3. The zero-order valence-corrected chi connectivity index (χ0v) is 23.6. The molecule has 0 saturated heterocycles. The fraction of sp³-hybridized carbons (Fsp3) is 0.103. The van der Waals surface area contributed by atoms with E-state index in [1.165, 1.54) is 26.4 Å². The van der Waals surface area contributed by atoms with Crippen molar-refractivity contribution in [3.05, 3.63) is 88.7 Å². The van der Waals surface area contributed by atoms with Gasteiger partial charge < -0.3 is 0 Å². The number of allylic oxidation sites excluding steroid dienone is 1. The number of benzene rings is 3. The van der Waals surface area contributed by atoms with E-state index in [0.29, 0.717) is 5.57 Å². The maximum Gasteiger partial charge on any atom is 0.135 e. The number of nitriles is 1. The molecule has 0 N–H and O–H groups in total. The van der Waals surface area contributed by atoms with Crippen LogP contribution in [0.15, 0.2) is 88.7 Å². The zero-order valence-electron chi connectivity index (χ0n) is 20.1. The molecule has 0 unspecified atom stereocenters.